The summed E-state index contributed by atoms with van der Waals surface area (Å²) in [7, 11) is 0. The molecular formula is C17H15BrIN3O3S. The second kappa shape index (κ2) is 9.83. The van der Waals surface area contributed by atoms with E-state index in [4.69, 9.17) is 17.0 Å². The zero-order chi connectivity index (χ0) is 19.1. The van der Waals surface area contributed by atoms with Crippen LogP contribution in [0.25, 0.3) is 0 Å². The van der Waals surface area contributed by atoms with E-state index in [2.05, 4.69) is 54.7 Å². The Morgan fingerprint density at radius 3 is 2.62 bits per heavy atom. The number of hydrazine groups is 1. The van der Waals surface area contributed by atoms with Crippen molar-refractivity contribution in [2.24, 2.45) is 0 Å². The van der Waals surface area contributed by atoms with Crippen molar-refractivity contribution in [1.29, 1.82) is 0 Å². The molecule has 0 aromatic heterocycles. The average molecular weight is 548 g/mol. The van der Waals surface area contributed by atoms with E-state index < -0.39 is 5.91 Å². The Kier molecular flexibility index (Phi) is 7.79. The van der Waals surface area contributed by atoms with Crippen molar-refractivity contribution >= 4 is 67.7 Å². The molecule has 6 nitrogen and oxygen atoms in total. The van der Waals surface area contributed by atoms with Gasteiger partial charge in [-0.15, -0.1) is 0 Å². The maximum Gasteiger partial charge on any atom is 0.270 e. The third-order valence-corrected chi connectivity index (χ3v) is 4.79. The first-order valence-corrected chi connectivity index (χ1v) is 9.68. The quantitative estimate of drug-likeness (QED) is 0.311. The van der Waals surface area contributed by atoms with E-state index in [0.29, 0.717) is 11.3 Å². The lowest BCUT2D eigenvalue weighted by Gasteiger charge is -2.12. The maximum absolute atomic E-state index is 12.1. The number of hydrogen-bond donors (Lipinski definition) is 3. The molecule has 26 heavy (non-hydrogen) atoms. The van der Waals surface area contributed by atoms with Gasteiger partial charge in [0.05, 0.1) is 5.56 Å². The van der Waals surface area contributed by atoms with E-state index in [-0.39, 0.29) is 17.6 Å². The summed E-state index contributed by atoms with van der Waals surface area (Å²) in [5.41, 5.74) is 6.33. The summed E-state index contributed by atoms with van der Waals surface area (Å²) in [6, 6.07) is 12.6. The molecule has 2 amide bonds. The number of amides is 2. The summed E-state index contributed by atoms with van der Waals surface area (Å²) in [6.07, 6.45) is 0. The first-order valence-electron chi connectivity index (χ1n) is 7.40. The van der Waals surface area contributed by atoms with Gasteiger partial charge in [-0.05, 0) is 77.6 Å². The molecule has 2 aromatic carbocycles. The van der Waals surface area contributed by atoms with Crippen LogP contribution in [0.4, 0.5) is 0 Å². The predicted octanol–water partition coefficient (Wildman–Crippen LogP) is 3.08. The number of aryl methyl sites for hydroxylation is 1. The summed E-state index contributed by atoms with van der Waals surface area (Å²) in [5, 5.41) is 2.41. The van der Waals surface area contributed by atoms with Crippen molar-refractivity contribution in [2.75, 3.05) is 6.61 Å². The molecule has 0 radical (unpaired) electrons. The Morgan fingerprint density at radius 2 is 1.92 bits per heavy atom. The highest BCUT2D eigenvalue weighted by atomic mass is 127. The molecule has 0 fully saturated rings. The summed E-state index contributed by atoms with van der Waals surface area (Å²) >= 11 is 10.4. The predicted molar refractivity (Wildman–Crippen MR) is 115 cm³/mol. The molecule has 136 valence electrons. The smallest absolute Gasteiger partial charge is 0.270 e. The fourth-order valence-corrected chi connectivity index (χ4v) is 3.21. The fourth-order valence-electron chi connectivity index (χ4n) is 1.94. The Balaban J connectivity index is 1.77. The molecule has 0 heterocycles. The third-order valence-electron chi connectivity index (χ3n) is 3.16. The van der Waals surface area contributed by atoms with E-state index in [1.165, 1.54) is 0 Å². The van der Waals surface area contributed by atoms with Crippen LogP contribution < -0.4 is 20.9 Å². The molecule has 2 rings (SSSR count). The van der Waals surface area contributed by atoms with Crippen LogP contribution in [0.5, 0.6) is 5.75 Å². The normalized spacial score (nSPS) is 9.96. The number of rotatable bonds is 4. The fraction of sp³-hybridized carbons (Fsp3) is 0.118. The zero-order valence-corrected chi connectivity index (χ0v) is 18.2. The molecule has 0 unspecified atom stereocenters. The minimum Gasteiger partial charge on any atom is -0.483 e. The van der Waals surface area contributed by atoms with Gasteiger partial charge < -0.3 is 4.74 Å². The number of carbonyl (C=O) groups is 2. The topological polar surface area (TPSA) is 79.5 Å². The number of benzene rings is 2. The Bertz CT molecular complexity index is 848. The molecular weight excluding hydrogens is 533 g/mol. The van der Waals surface area contributed by atoms with E-state index in [9.17, 15) is 9.59 Å². The van der Waals surface area contributed by atoms with Crippen LogP contribution in [-0.2, 0) is 4.79 Å². The zero-order valence-electron chi connectivity index (χ0n) is 13.6. The number of ether oxygens (including phenoxy) is 1. The lowest BCUT2D eigenvalue weighted by Crippen LogP contribution is -2.49. The van der Waals surface area contributed by atoms with Gasteiger partial charge in [-0.2, -0.15) is 0 Å². The lowest BCUT2D eigenvalue weighted by atomic mass is 10.2. The lowest BCUT2D eigenvalue weighted by molar-refractivity contribution is -0.121. The van der Waals surface area contributed by atoms with Gasteiger partial charge in [0.15, 0.2) is 11.7 Å². The Hall–Kier alpha value is -1.72. The number of hydrogen-bond acceptors (Lipinski definition) is 4. The molecule has 2 aromatic rings. The number of nitrogens with one attached hydrogen (secondary N) is 3. The number of thiocarbonyl (C=S) groups is 1. The highest BCUT2D eigenvalue weighted by Crippen LogP contribution is 2.21. The van der Waals surface area contributed by atoms with E-state index >= 15 is 0 Å². The molecule has 0 aliphatic rings. The Morgan fingerprint density at radius 1 is 1.19 bits per heavy atom. The van der Waals surface area contributed by atoms with E-state index in [0.717, 1.165) is 13.6 Å². The van der Waals surface area contributed by atoms with Crippen molar-refractivity contribution in [3.8, 4) is 5.75 Å². The molecule has 3 N–H and O–H groups in total. The minimum absolute atomic E-state index is 0.0228. The average Bonchev–Trinajstić information content (AvgIpc) is 2.59. The first-order chi connectivity index (χ1) is 12.4. The molecule has 0 saturated carbocycles. The van der Waals surface area contributed by atoms with Crippen molar-refractivity contribution in [2.45, 2.75) is 6.92 Å². The minimum atomic E-state index is -0.437. The largest absolute Gasteiger partial charge is 0.483 e. The van der Waals surface area contributed by atoms with Crippen LogP contribution >= 0.6 is 50.7 Å². The van der Waals surface area contributed by atoms with Gasteiger partial charge in [0.1, 0.15) is 5.75 Å². The third kappa shape index (κ3) is 6.22. The van der Waals surface area contributed by atoms with Gasteiger partial charge >= 0.3 is 0 Å². The number of halogens is 2. The van der Waals surface area contributed by atoms with Crippen LogP contribution in [0.15, 0.2) is 46.9 Å². The molecule has 0 aliphatic carbocycles. The van der Waals surface area contributed by atoms with Crippen LogP contribution in [0, 0.1) is 10.5 Å². The molecule has 0 spiro atoms. The molecule has 9 heteroatoms. The van der Waals surface area contributed by atoms with Crippen LogP contribution in [-0.4, -0.2) is 23.5 Å². The van der Waals surface area contributed by atoms with Gasteiger partial charge in [0, 0.05) is 8.04 Å². The van der Waals surface area contributed by atoms with E-state index in [1.807, 2.05) is 31.2 Å². The summed E-state index contributed by atoms with van der Waals surface area (Å²) in [6.45, 7) is 1.68. The van der Waals surface area contributed by atoms with Crippen molar-refractivity contribution in [3.05, 3.63) is 61.6 Å². The molecule has 0 saturated heterocycles. The van der Waals surface area contributed by atoms with Gasteiger partial charge in [-0.1, -0.05) is 28.1 Å². The van der Waals surface area contributed by atoms with Crippen molar-refractivity contribution < 1.29 is 14.3 Å². The second-order valence-corrected chi connectivity index (χ2v) is 7.62. The molecule has 0 bridgehead atoms. The van der Waals surface area contributed by atoms with Crippen LogP contribution in [0.3, 0.4) is 0 Å². The monoisotopic (exact) mass is 547 g/mol. The second-order valence-electron chi connectivity index (χ2n) is 5.13. The summed E-state index contributed by atoms with van der Waals surface area (Å²) in [4.78, 5) is 23.9. The van der Waals surface area contributed by atoms with Gasteiger partial charge in [0.25, 0.3) is 11.8 Å². The van der Waals surface area contributed by atoms with Crippen molar-refractivity contribution in [1.82, 2.24) is 16.2 Å². The van der Waals surface area contributed by atoms with E-state index in [1.54, 1.807) is 18.2 Å². The highest BCUT2D eigenvalue weighted by Gasteiger charge is 2.11. The van der Waals surface area contributed by atoms with Gasteiger partial charge in [-0.3, -0.25) is 25.8 Å². The maximum atomic E-state index is 12.1. The Labute approximate surface area is 178 Å². The molecule has 0 aliphatic heterocycles. The highest BCUT2D eigenvalue weighted by molar-refractivity contribution is 14.1. The van der Waals surface area contributed by atoms with Crippen LogP contribution in [0.2, 0.25) is 0 Å². The van der Waals surface area contributed by atoms with Crippen LogP contribution in [0.1, 0.15) is 15.9 Å². The first kappa shape index (κ1) is 20.6. The molecule has 0 atom stereocenters. The summed E-state index contributed by atoms with van der Waals surface area (Å²) < 4.78 is 7.19. The SMILES string of the molecule is Cc1cc(Br)ccc1OCC(=O)NC(=S)NNC(=O)c1ccccc1I. The van der Waals surface area contributed by atoms with Crippen molar-refractivity contribution in [3.63, 3.8) is 0 Å². The van der Waals surface area contributed by atoms with Gasteiger partial charge in [0.2, 0.25) is 0 Å². The number of carbonyl (C=O) groups excluding carboxylic acids is 2. The standard InChI is InChI=1S/C17H15BrIN3O3S/c1-10-8-11(18)6-7-14(10)25-9-15(23)20-17(26)22-21-16(24)12-4-2-3-5-13(12)19/h2-8H,9H2,1H3,(H,21,24)(H2,20,22,23,26). The van der Waals surface area contributed by atoms with Gasteiger partial charge in [-0.25, -0.2) is 0 Å². The summed E-state index contributed by atoms with van der Waals surface area (Å²) in [5.74, 6) is -0.184.